The number of nitrogen functional groups attached to an aromatic ring is 1. The van der Waals surface area contributed by atoms with Gasteiger partial charge in [0.05, 0.1) is 16.1 Å². The van der Waals surface area contributed by atoms with Crippen LogP contribution in [0.4, 0.5) is 5.82 Å². The molecule has 2 N–H and O–H groups in total. The molecule has 0 unspecified atom stereocenters. The lowest BCUT2D eigenvalue weighted by Crippen LogP contribution is -2.12. The molecule has 0 bridgehead atoms. The quantitative estimate of drug-likeness (QED) is 0.435. The molecule has 1 fully saturated rings. The van der Waals surface area contributed by atoms with Gasteiger partial charge < -0.3 is 5.73 Å². The second-order valence-electron chi connectivity index (χ2n) is 7.56. The van der Waals surface area contributed by atoms with Crippen molar-refractivity contribution in [3.8, 4) is 21.8 Å². The second kappa shape index (κ2) is 6.39. The van der Waals surface area contributed by atoms with Crippen LogP contribution in [0.2, 0.25) is 0 Å². The summed E-state index contributed by atoms with van der Waals surface area (Å²) in [6.45, 7) is 0. The summed E-state index contributed by atoms with van der Waals surface area (Å²) < 4.78 is 2.13. The zero-order valence-corrected chi connectivity index (χ0v) is 16.6. The first-order valence-electron chi connectivity index (χ1n) is 9.85. The molecule has 1 saturated carbocycles. The Bertz CT molecular complexity index is 1350. The van der Waals surface area contributed by atoms with Gasteiger partial charge in [-0.05, 0) is 36.4 Å². The summed E-state index contributed by atoms with van der Waals surface area (Å²) in [6, 6.07) is 14.7. The van der Waals surface area contributed by atoms with Crippen LogP contribution in [0.25, 0.3) is 38.2 Å². The van der Waals surface area contributed by atoms with Crippen LogP contribution in [-0.4, -0.2) is 19.4 Å². The third-order valence-electron chi connectivity index (χ3n) is 5.82. The van der Waals surface area contributed by atoms with Crippen molar-refractivity contribution in [1.29, 1.82) is 0 Å². The first-order valence-corrected chi connectivity index (χ1v) is 10.7. The predicted molar refractivity (Wildman–Crippen MR) is 118 cm³/mol. The number of imidazole rings is 1. The molecule has 0 saturated heterocycles. The molecule has 0 atom stereocenters. The van der Waals surface area contributed by atoms with Crippen molar-refractivity contribution in [1.82, 2.24) is 19.4 Å². The van der Waals surface area contributed by atoms with Crippen molar-refractivity contribution in [2.45, 2.75) is 25.2 Å². The zero-order chi connectivity index (χ0) is 19.4. The Morgan fingerprint density at radius 1 is 1.07 bits per heavy atom. The summed E-state index contributed by atoms with van der Waals surface area (Å²) in [6.07, 6.45) is 7.37. The molecule has 1 aromatic carbocycles. The van der Waals surface area contributed by atoms with Crippen molar-refractivity contribution in [2.75, 3.05) is 5.73 Å². The fraction of sp³-hybridized carbons (Fsp3) is 0.174. The van der Waals surface area contributed by atoms with E-state index in [4.69, 9.17) is 15.7 Å². The van der Waals surface area contributed by atoms with Crippen LogP contribution < -0.4 is 5.73 Å². The van der Waals surface area contributed by atoms with Crippen molar-refractivity contribution < 1.29 is 0 Å². The summed E-state index contributed by atoms with van der Waals surface area (Å²) in [4.78, 5) is 15.4. The minimum absolute atomic E-state index is 0.502. The molecule has 1 aliphatic carbocycles. The van der Waals surface area contributed by atoms with E-state index in [-0.39, 0.29) is 0 Å². The third-order valence-corrected chi connectivity index (χ3v) is 6.71. The molecule has 5 nitrogen and oxygen atoms in total. The van der Waals surface area contributed by atoms with Crippen LogP contribution in [0.1, 0.15) is 31.0 Å². The third kappa shape index (κ3) is 2.63. The fourth-order valence-corrected chi connectivity index (χ4v) is 4.76. The largest absolute Gasteiger partial charge is 0.382 e. The molecule has 142 valence electrons. The molecule has 0 amide bonds. The van der Waals surface area contributed by atoms with Gasteiger partial charge in [-0.25, -0.2) is 15.0 Å². The maximum atomic E-state index is 6.28. The van der Waals surface area contributed by atoms with E-state index in [9.17, 15) is 0 Å². The Kier molecular flexibility index (Phi) is 3.67. The monoisotopic (exact) mass is 397 g/mol. The highest BCUT2D eigenvalue weighted by molar-refractivity contribution is 7.13. The van der Waals surface area contributed by atoms with E-state index in [1.807, 2.05) is 6.20 Å². The van der Waals surface area contributed by atoms with Crippen LogP contribution in [0.5, 0.6) is 0 Å². The Morgan fingerprint density at radius 3 is 2.76 bits per heavy atom. The standard InChI is InChI=1S/C23H19N5S/c24-22-21-20(27-23(15-3-1-4-15)28(21)11-10-25-22)16-7-6-14-8-9-17(26-18(14)13-16)19-5-2-12-29-19/h2,5-13,15H,1,3-4H2,(H2,24,25). The Labute approximate surface area is 171 Å². The Morgan fingerprint density at radius 2 is 1.97 bits per heavy atom. The van der Waals surface area contributed by atoms with E-state index in [2.05, 4.69) is 57.2 Å². The number of thiophene rings is 1. The lowest BCUT2D eigenvalue weighted by Gasteiger charge is -2.23. The van der Waals surface area contributed by atoms with E-state index < -0.39 is 0 Å². The number of rotatable bonds is 3. The molecule has 0 radical (unpaired) electrons. The number of nitrogens with zero attached hydrogens (tertiary/aromatic N) is 4. The topological polar surface area (TPSA) is 69.1 Å². The molecule has 0 spiro atoms. The number of hydrogen-bond acceptors (Lipinski definition) is 5. The zero-order valence-electron chi connectivity index (χ0n) is 15.7. The first-order chi connectivity index (χ1) is 14.3. The minimum atomic E-state index is 0.502. The maximum absolute atomic E-state index is 6.28. The van der Waals surface area contributed by atoms with Gasteiger partial charge in [-0.2, -0.15) is 0 Å². The number of anilines is 1. The summed E-state index contributed by atoms with van der Waals surface area (Å²) in [5.41, 5.74) is 11.0. The van der Waals surface area contributed by atoms with Gasteiger partial charge >= 0.3 is 0 Å². The van der Waals surface area contributed by atoms with Crippen molar-refractivity contribution >= 4 is 33.6 Å². The van der Waals surface area contributed by atoms with Gasteiger partial charge in [0.15, 0.2) is 0 Å². The van der Waals surface area contributed by atoms with E-state index >= 15 is 0 Å². The van der Waals surface area contributed by atoms with Crippen molar-refractivity contribution in [2.24, 2.45) is 0 Å². The average molecular weight is 398 g/mol. The van der Waals surface area contributed by atoms with Crippen molar-refractivity contribution in [3.63, 3.8) is 0 Å². The van der Waals surface area contributed by atoms with Gasteiger partial charge in [0, 0.05) is 29.3 Å². The maximum Gasteiger partial charge on any atom is 0.150 e. The summed E-state index contributed by atoms with van der Waals surface area (Å²) >= 11 is 1.70. The highest BCUT2D eigenvalue weighted by Gasteiger charge is 2.26. The molecule has 0 aliphatic heterocycles. The van der Waals surface area contributed by atoms with E-state index in [1.54, 1.807) is 17.5 Å². The van der Waals surface area contributed by atoms with Gasteiger partial charge in [0.1, 0.15) is 22.9 Å². The lowest BCUT2D eigenvalue weighted by atomic mass is 9.85. The minimum Gasteiger partial charge on any atom is -0.382 e. The lowest BCUT2D eigenvalue weighted by molar-refractivity contribution is 0.400. The van der Waals surface area contributed by atoms with E-state index in [1.165, 1.54) is 24.1 Å². The fourth-order valence-electron chi connectivity index (χ4n) is 4.07. The van der Waals surface area contributed by atoms with Crippen LogP contribution in [0, 0.1) is 0 Å². The smallest absolute Gasteiger partial charge is 0.150 e. The molecule has 6 rings (SSSR count). The van der Waals surface area contributed by atoms with Crippen LogP contribution in [0.15, 0.2) is 60.2 Å². The van der Waals surface area contributed by atoms with Crippen LogP contribution in [0.3, 0.4) is 0 Å². The molecular weight excluding hydrogens is 378 g/mol. The number of benzene rings is 1. The highest BCUT2D eigenvalue weighted by atomic mass is 32.1. The first kappa shape index (κ1) is 16.7. The molecule has 6 heteroatoms. The average Bonchev–Trinajstić information content (AvgIpc) is 3.36. The molecule has 5 aromatic rings. The second-order valence-corrected chi connectivity index (χ2v) is 8.51. The molecular formula is C23H19N5S. The van der Waals surface area contributed by atoms with Gasteiger partial charge in [-0.3, -0.25) is 4.40 Å². The number of pyridine rings is 1. The van der Waals surface area contributed by atoms with Crippen LogP contribution >= 0.6 is 11.3 Å². The van der Waals surface area contributed by atoms with E-state index in [0.29, 0.717) is 11.7 Å². The molecule has 29 heavy (non-hydrogen) atoms. The molecule has 4 heterocycles. The van der Waals surface area contributed by atoms with Gasteiger partial charge in [-0.1, -0.05) is 30.7 Å². The normalized spacial score (nSPS) is 14.5. The summed E-state index contributed by atoms with van der Waals surface area (Å²) in [5.74, 6) is 2.11. The SMILES string of the molecule is Nc1nccn2c(C3CCC3)nc(-c3ccc4ccc(-c5cccs5)nc4c3)c12. The molecule has 4 aromatic heterocycles. The van der Waals surface area contributed by atoms with Gasteiger partial charge in [-0.15, -0.1) is 11.3 Å². The van der Waals surface area contributed by atoms with Gasteiger partial charge in [0.25, 0.3) is 0 Å². The van der Waals surface area contributed by atoms with E-state index in [0.717, 1.165) is 39.2 Å². The van der Waals surface area contributed by atoms with Gasteiger partial charge in [0.2, 0.25) is 0 Å². The number of fused-ring (bicyclic) bond motifs is 2. The summed E-state index contributed by atoms with van der Waals surface area (Å²) in [5, 5.41) is 3.19. The number of hydrogen-bond donors (Lipinski definition) is 1. The summed E-state index contributed by atoms with van der Waals surface area (Å²) in [7, 11) is 0. The Hall–Kier alpha value is -3.25. The highest BCUT2D eigenvalue weighted by Crippen LogP contribution is 2.39. The predicted octanol–water partition coefficient (Wildman–Crippen LogP) is 5.52. The van der Waals surface area contributed by atoms with Crippen LogP contribution in [-0.2, 0) is 0 Å². The molecule has 1 aliphatic rings. The Balaban J connectivity index is 1.55. The van der Waals surface area contributed by atoms with Crippen molar-refractivity contribution in [3.05, 3.63) is 66.1 Å². The number of aromatic nitrogens is 4. The number of nitrogens with two attached hydrogens (primary N) is 1.